The van der Waals surface area contributed by atoms with E-state index in [1.165, 1.54) is 18.6 Å². The molecule has 0 aliphatic carbocycles. The van der Waals surface area contributed by atoms with Gasteiger partial charge >= 0.3 is 0 Å². The molecule has 1 aromatic rings. The zero-order chi connectivity index (χ0) is 12.3. The SMILES string of the molecule is Fc1ccc(NC(=S)N2CCCCC2)c(F)c1. The molecular weight excluding hydrogens is 242 g/mol. The smallest absolute Gasteiger partial charge is 0.173 e. The third-order valence-corrected chi connectivity index (χ3v) is 3.18. The van der Waals surface area contributed by atoms with Gasteiger partial charge in [0, 0.05) is 19.2 Å². The van der Waals surface area contributed by atoms with Crippen molar-refractivity contribution in [3.8, 4) is 0 Å². The highest BCUT2D eigenvalue weighted by atomic mass is 32.1. The molecule has 0 unspecified atom stereocenters. The van der Waals surface area contributed by atoms with Crippen LogP contribution in [-0.4, -0.2) is 23.1 Å². The van der Waals surface area contributed by atoms with Gasteiger partial charge in [0.15, 0.2) is 5.11 Å². The van der Waals surface area contributed by atoms with Gasteiger partial charge in [0.2, 0.25) is 0 Å². The average Bonchev–Trinajstić information content (AvgIpc) is 2.34. The first-order valence-electron chi connectivity index (χ1n) is 5.68. The van der Waals surface area contributed by atoms with Crippen molar-refractivity contribution in [2.24, 2.45) is 0 Å². The van der Waals surface area contributed by atoms with Gasteiger partial charge in [-0.1, -0.05) is 0 Å². The maximum absolute atomic E-state index is 13.4. The fourth-order valence-electron chi connectivity index (χ4n) is 1.88. The Balaban J connectivity index is 2.02. The third kappa shape index (κ3) is 3.12. The van der Waals surface area contributed by atoms with Crippen molar-refractivity contribution in [2.45, 2.75) is 19.3 Å². The van der Waals surface area contributed by atoms with Gasteiger partial charge in [-0.2, -0.15) is 0 Å². The second-order valence-corrected chi connectivity index (χ2v) is 4.49. The molecule has 5 heteroatoms. The van der Waals surface area contributed by atoms with Gasteiger partial charge in [0.1, 0.15) is 11.6 Å². The van der Waals surface area contributed by atoms with Crippen molar-refractivity contribution in [1.29, 1.82) is 0 Å². The number of rotatable bonds is 1. The first-order chi connectivity index (χ1) is 8.16. The zero-order valence-electron chi connectivity index (χ0n) is 9.38. The van der Waals surface area contributed by atoms with E-state index in [1.807, 2.05) is 4.90 Å². The number of anilines is 1. The van der Waals surface area contributed by atoms with Crippen LogP contribution < -0.4 is 5.32 Å². The normalized spacial score (nSPS) is 15.8. The molecule has 1 heterocycles. The summed E-state index contributed by atoms with van der Waals surface area (Å²) < 4.78 is 26.1. The molecule has 0 amide bonds. The summed E-state index contributed by atoms with van der Waals surface area (Å²) in [5.41, 5.74) is 0.224. The lowest BCUT2D eigenvalue weighted by molar-refractivity contribution is 0.346. The Bertz CT molecular complexity index is 417. The fraction of sp³-hybridized carbons (Fsp3) is 0.417. The van der Waals surface area contributed by atoms with Crippen LogP contribution in [0.2, 0.25) is 0 Å². The summed E-state index contributed by atoms with van der Waals surface area (Å²) in [6.07, 6.45) is 3.42. The van der Waals surface area contributed by atoms with Gasteiger partial charge in [0.25, 0.3) is 0 Å². The molecule has 1 fully saturated rings. The van der Waals surface area contributed by atoms with Crippen LogP contribution in [0.25, 0.3) is 0 Å². The standard InChI is InChI=1S/C12H14F2N2S/c13-9-4-5-11(10(14)8-9)15-12(17)16-6-2-1-3-7-16/h4-5,8H,1-3,6-7H2,(H,15,17). The van der Waals surface area contributed by atoms with E-state index in [1.54, 1.807) is 0 Å². The zero-order valence-corrected chi connectivity index (χ0v) is 10.2. The molecule has 1 aliphatic rings. The van der Waals surface area contributed by atoms with Crippen molar-refractivity contribution in [3.05, 3.63) is 29.8 Å². The number of piperidine rings is 1. The first kappa shape index (κ1) is 12.2. The largest absolute Gasteiger partial charge is 0.349 e. The highest BCUT2D eigenvalue weighted by Gasteiger charge is 2.14. The molecule has 0 saturated carbocycles. The summed E-state index contributed by atoms with van der Waals surface area (Å²) in [6.45, 7) is 1.79. The summed E-state index contributed by atoms with van der Waals surface area (Å²) >= 11 is 5.20. The Morgan fingerprint density at radius 2 is 1.88 bits per heavy atom. The maximum Gasteiger partial charge on any atom is 0.173 e. The highest BCUT2D eigenvalue weighted by Crippen LogP contribution is 2.17. The molecular formula is C12H14F2N2S. The quantitative estimate of drug-likeness (QED) is 0.777. The summed E-state index contributed by atoms with van der Waals surface area (Å²) in [5, 5.41) is 3.33. The van der Waals surface area contributed by atoms with E-state index in [4.69, 9.17) is 12.2 Å². The molecule has 17 heavy (non-hydrogen) atoms. The van der Waals surface area contributed by atoms with Crippen LogP contribution in [0.5, 0.6) is 0 Å². The number of thiocarbonyl (C=S) groups is 1. The molecule has 2 nitrogen and oxygen atoms in total. The Morgan fingerprint density at radius 1 is 1.18 bits per heavy atom. The minimum absolute atomic E-state index is 0.224. The van der Waals surface area contributed by atoms with E-state index in [-0.39, 0.29) is 5.69 Å². The summed E-state index contributed by atoms with van der Waals surface area (Å²) in [5.74, 6) is -1.21. The van der Waals surface area contributed by atoms with Crippen molar-refractivity contribution in [1.82, 2.24) is 4.90 Å². The van der Waals surface area contributed by atoms with Gasteiger partial charge in [-0.15, -0.1) is 0 Å². The molecule has 1 aliphatic heterocycles. The van der Waals surface area contributed by atoms with Crippen LogP contribution >= 0.6 is 12.2 Å². The van der Waals surface area contributed by atoms with Gasteiger partial charge in [-0.05, 0) is 43.6 Å². The van der Waals surface area contributed by atoms with Crippen LogP contribution in [0.1, 0.15) is 19.3 Å². The predicted molar refractivity (Wildman–Crippen MR) is 68.0 cm³/mol. The van der Waals surface area contributed by atoms with Crippen LogP contribution in [0.15, 0.2) is 18.2 Å². The first-order valence-corrected chi connectivity index (χ1v) is 6.08. The summed E-state index contributed by atoms with van der Waals surface area (Å²) in [4.78, 5) is 2.02. The Hall–Kier alpha value is -1.23. The number of hydrogen-bond acceptors (Lipinski definition) is 1. The summed E-state index contributed by atoms with van der Waals surface area (Å²) in [7, 11) is 0. The fourth-order valence-corrected chi connectivity index (χ4v) is 2.17. The number of benzene rings is 1. The Morgan fingerprint density at radius 3 is 2.53 bits per heavy atom. The Kier molecular flexibility index (Phi) is 3.89. The van der Waals surface area contributed by atoms with Gasteiger partial charge < -0.3 is 10.2 Å². The van der Waals surface area contributed by atoms with Crippen molar-refractivity contribution >= 4 is 23.0 Å². The summed E-state index contributed by atoms with van der Waals surface area (Å²) in [6, 6.07) is 3.42. The lowest BCUT2D eigenvalue weighted by atomic mass is 10.1. The van der Waals surface area contributed by atoms with E-state index >= 15 is 0 Å². The molecule has 0 spiro atoms. The van der Waals surface area contributed by atoms with E-state index in [0.29, 0.717) is 5.11 Å². The number of halogens is 2. The average molecular weight is 256 g/mol. The van der Waals surface area contributed by atoms with E-state index < -0.39 is 11.6 Å². The molecule has 1 aromatic carbocycles. The van der Waals surface area contributed by atoms with Crippen molar-refractivity contribution in [2.75, 3.05) is 18.4 Å². The molecule has 0 atom stereocenters. The van der Waals surface area contributed by atoms with E-state index in [2.05, 4.69) is 5.32 Å². The molecule has 0 bridgehead atoms. The second kappa shape index (κ2) is 5.40. The maximum atomic E-state index is 13.4. The predicted octanol–water partition coefficient (Wildman–Crippen LogP) is 3.15. The molecule has 0 aromatic heterocycles. The molecule has 1 N–H and O–H groups in total. The monoisotopic (exact) mass is 256 g/mol. The van der Waals surface area contributed by atoms with Crippen LogP contribution in [-0.2, 0) is 0 Å². The number of nitrogens with zero attached hydrogens (tertiary/aromatic N) is 1. The van der Waals surface area contributed by atoms with E-state index in [0.717, 1.165) is 32.0 Å². The minimum atomic E-state index is -0.621. The number of nitrogens with one attached hydrogen (secondary N) is 1. The second-order valence-electron chi connectivity index (χ2n) is 4.10. The Labute approximate surface area is 105 Å². The van der Waals surface area contributed by atoms with Gasteiger partial charge in [-0.25, -0.2) is 8.78 Å². The molecule has 2 rings (SSSR count). The lowest BCUT2D eigenvalue weighted by Crippen LogP contribution is -2.38. The third-order valence-electron chi connectivity index (χ3n) is 2.82. The van der Waals surface area contributed by atoms with E-state index in [9.17, 15) is 8.78 Å². The van der Waals surface area contributed by atoms with Crippen molar-refractivity contribution in [3.63, 3.8) is 0 Å². The van der Waals surface area contributed by atoms with Gasteiger partial charge in [-0.3, -0.25) is 0 Å². The number of hydrogen-bond donors (Lipinski definition) is 1. The highest BCUT2D eigenvalue weighted by molar-refractivity contribution is 7.80. The minimum Gasteiger partial charge on any atom is -0.349 e. The van der Waals surface area contributed by atoms with Crippen molar-refractivity contribution < 1.29 is 8.78 Å². The molecule has 0 radical (unpaired) electrons. The molecule has 92 valence electrons. The molecule has 1 saturated heterocycles. The lowest BCUT2D eigenvalue weighted by Gasteiger charge is -2.29. The van der Waals surface area contributed by atoms with Crippen LogP contribution in [0, 0.1) is 11.6 Å². The van der Waals surface area contributed by atoms with Crippen LogP contribution in [0.3, 0.4) is 0 Å². The van der Waals surface area contributed by atoms with Crippen LogP contribution in [0.4, 0.5) is 14.5 Å². The van der Waals surface area contributed by atoms with Gasteiger partial charge in [0.05, 0.1) is 5.69 Å². The number of likely N-dealkylation sites (tertiary alicyclic amines) is 1. The topological polar surface area (TPSA) is 15.3 Å².